The van der Waals surface area contributed by atoms with Crippen LogP contribution < -0.4 is 9.47 Å². The predicted octanol–water partition coefficient (Wildman–Crippen LogP) is 4.92. The lowest BCUT2D eigenvalue weighted by molar-refractivity contribution is 0.332. The van der Waals surface area contributed by atoms with Crippen LogP contribution in [0.4, 0.5) is 23.0 Å². The second-order valence-electron chi connectivity index (χ2n) is 3.21. The second kappa shape index (κ2) is 8.48. The Morgan fingerprint density at radius 1 is 1.10 bits per heavy atom. The zero-order chi connectivity index (χ0) is 15.8. The minimum atomic E-state index is -6.00. The summed E-state index contributed by atoms with van der Waals surface area (Å²) in [6.45, 7) is 4.67. The zero-order valence-corrected chi connectivity index (χ0v) is 11.5. The monoisotopic (exact) mass is 314 g/mol. The van der Waals surface area contributed by atoms with Crippen LogP contribution in [0.3, 0.4) is 0 Å². The average Bonchev–Trinajstić information content (AvgIpc) is 2.31. The lowest BCUT2D eigenvalue weighted by Crippen LogP contribution is -2.02. The first-order chi connectivity index (χ1) is 9.22. The molecule has 0 heterocycles. The summed E-state index contributed by atoms with van der Waals surface area (Å²) in [6, 6.07) is 3.11. The third-order valence-corrected chi connectivity index (χ3v) is 2.02. The van der Waals surface area contributed by atoms with Crippen LogP contribution in [0, 0.1) is 5.39 Å². The van der Waals surface area contributed by atoms with Crippen LogP contribution in [-0.2, 0) is 0 Å². The van der Waals surface area contributed by atoms with E-state index in [0.29, 0.717) is 35.4 Å². The van der Waals surface area contributed by atoms with Crippen molar-refractivity contribution in [3.8, 4) is 11.5 Å². The quantitative estimate of drug-likeness (QED) is 0.450. The summed E-state index contributed by atoms with van der Waals surface area (Å²) in [5, 5.41) is 9.21. The van der Waals surface area contributed by atoms with Gasteiger partial charge >= 0.3 is 12.9 Å². The highest BCUT2D eigenvalue weighted by molar-refractivity contribution is 6.50. The largest absolute Gasteiger partial charge is 0.673 e. The molecule has 112 valence electrons. The molecule has 20 heavy (non-hydrogen) atoms. The highest BCUT2D eigenvalue weighted by Gasteiger charge is 2.20. The molecule has 0 saturated heterocycles. The first kappa shape index (κ1) is 18.3. The van der Waals surface area contributed by atoms with E-state index in [4.69, 9.17) is 26.5 Å². The molecule has 0 aliphatic rings. The van der Waals surface area contributed by atoms with Gasteiger partial charge in [0.05, 0.1) is 24.3 Å². The first-order valence-electron chi connectivity index (χ1n) is 5.54. The van der Waals surface area contributed by atoms with Crippen LogP contribution in [0.5, 0.6) is 11.5 Å². The van der Waals surface area contributed by atoms with Crippen molar-refractivity contribution in [2.24, 2.45) is 0 Å². The van der Waals surface area contributed by atoms with Crippen molar-refractivity contribution in [3.05, 3.63) is 22.1 Å². The third kappa shape index (κ3) is 7.68. The van der Waals surface area contributed by atoms with Crippen molar-refractivity contribution < 1.29 is 26.7 Å². The van der Waals surface area contributed by atoms with Crippen LogP contribution >= 0.6 is 11.6 Å². The first-order valence-corrected chi connectivity index (χ1v) is 5.92. The molecule has 0 radical (unpaired) electrons. The van der Waals surface area contributed by atoms with E-state index in [1.807, 2.05) is 13.8 Å². The third-order valence-electron chi connectivity index (χ3n) is 1.72. The van der Waals surface area contributed by atoms with Gasteiger partial charge in [-0.1, -0.05) is 11.6 Å². The highest BCUT2D eigenvalue weighted by atomic mass is 35.5. The van der Waals surface area contributed by atoms with Gasteiger partial charge in [-0.05, 0) is 13.8 Å². The Hall–Kier alpha value is -1.69. The Morgan fingerprint density at radius 2 is 1.55 bits per heavy atom. The molecule has 0 aromatic heterocycles. The molecular weight excluding hydrogens is 302 g/mol. The van der Waals surface area contributed by atoms with E-state index in [1.165, 1.54) is 6.07 Å². The predicted molar refractivity (Wildman–Crippen MR) is 68.7 cm³/mol. The molecule has 10 heteroatoms. The van der Waals surface area contributed by atoms with Crippen molar-refractivity contribution in [2.75, 3.05) is 13.2 Å². The molecule has 1 rings (SSSR count). The molecule has 0 spiro atoms. The van der Waals surface area contributed by atoms with Crippen molar-refractivity contribution >= 4 is 24.5 Å². The van der Waals surface area contributed by atoms with Gasteiger partial charge in [-0.2, -0.15) is 0 Å². The van der Waals surface area contributed by atoms with E-state index in [-0.39, 0.29) is 0 Å². The van der Waals surface area contributed by atoms with Crippen LogP contribution in [0.25, 0.3) is 4.98 Å². The Balaban J connectivity index is 0.000000621. The number of hydrogen-bond acceptors (Lipinski definition) is 3. The molecular formula is C10H12BClF4N2O2. The number of benzene rings is 1. The number of nitrogens with zero attached hydrogens (tertiary/aromatic N) is 2. The average molecular weight is 314 g/mol. The summed E-state index contributed by atoms with van der Waals surface area (Å²) in [6.07, 6.45) is 0. The summed E-state index contributed by atoms with van der Waals surface area (Å²) in [7, 11) is -6.00. The van der Waals surface area contributed by atoms with Gasteiger partial charge in [-0.15, -0.1) is 0 Å². The van der Waals surface area contributed by atoms with Crippen molar-refractivity contribution in [2.45, 2.75) is 13.8 Å². The van der Waals surface area contributed by atoms with Gasteiger partial charge in [-0.25, -0.2) is 0 Å². The Morgan fingerprint density at radius 3 is 1.95 bits per heavy atom. The van der Waals surface area contributed by atoms with E-state index in [0.717, 1.165) is 0 Å². The fraction of sp³-hybridized carbons (Fsp3) is 0.400. The van der Waals surface area contributed by atoms with E-state index >= 15 is 0 Å². The summed E-state index contributed by atoms with van der Waals surface area (Å²) >= 11 is 5.94. The Labute approximate surface area is 118 Å². The topological polar surface area (TPSA) is 46.6 Å². The van der Waals surface area contributed by atoms with Gasteiger partial charge in [0.2, 0.25) is 11.1 Å². The standard InChI is InChI=1S/C10H12ClN2O2.BF4/c1-3-14-9-6-8(13-12)10(15-4-2)5-7(9)11;2-1(3,4)5/h5-6H,3-4H2,1-2H3;/q+1;-1. The maximum atomic E-state index is 9.75. The SMILES string of the molecule is CCOc1cc([N+]#N)c(OCC)cc1Cl.F[B-](F)(F)F. The Bertz CT molecular complexity index is 474. The minimum Gasteiger partial charge on any atom is -0.492 e. The smallest absolute Gasteiger partial charge is 0.492 e. The van der Waals surface area contributed by atoms with Crippen LogP contribution in [0.2, 0.25) is 5.02 Å². The zero-order valence-electron chi connectivity index (χ0n) is 10.7. The van der Waals surface area contributed by atoms with Crippen molar-refractivity contribution in [1.29, 1.82) is 5.39 Å². The summed E-state index contributed by atoms with van der Waals surface area (Å²) < 4.78 is 49.5. The molecule has 0 bridgehead atoms. The van der Waals surface area contributed by atoms with Crippen molar-refractivity contribution in [1.82, 2.24) is 0 Å². The number of hydrogen-bond donors (Lipinski definition) is 0. The second-order valence-corrected chi connectivity index (χ2v) is 3.62. The van der Waals surface area contributed by atoms with Gasteiger partial charge in [0, 0.05) is 6.07 Å². The lowest BCUT2D eigenvalue weighted by atomic mass is 10.3. The van der Waals surface area contributed by atoms with E-state index in [2.05, 4.69) is 4.98 Å². The number of ether oxygens (including phenoxy) is 2. The fourth-order valence-corrected chi connectivity index (χ4v) is 1.35. The summed E-state index contributed by atoms with van der Waals surface area (Å²) in [5.74, 6) is 0.920. The molecule has 0 saturated carbocycles. The molecule has 0 amide bonds. The van der Waals surface area contributed by atoms with E-state index in [9.17, 15) is 17.3 Å². The molecule has 0 N–H and O–H groups in total. The molecule has 0 fully saturated rings. The van der Waals surface area contributed by atoms with Crippen LogP contribution in [0.15, 0.2) is 12.1 Å². The summed E-state index contributed by atoms with van der Waals surface area (Å²) in [4.78, 5) is 3.11. The number of halogens is 5. The number of diazo groups is 1. The lowest BCUT2D eigenvalue weighted by Gasteiger charge is -2.05. The van der Waals surface area contributed by atoms with Crippen LogP contribution in [-0.4, -0.2) is 20.5 Å². The van der Waals surface area contributed by atoms with Gasteiger partial charge < -0.3 is 26.7 Å². The number of rotatable bonds is 4. The minimum absolute atomic E-state index is 0.310. The van der Waals surface area contributed by atoms with E-state index < -0.39 is 7.25 Å². The van der Waals surface area contributed by atoms with Crippen LogP contribution in [0.1, 0.15) is 13.8 Å². The van der Waals surface area contributed by atoms with Gasteiger partial charge in [0.1, 0.15) is 5.75 Å². The molecule has 0 unspecified atom stereocenters. The molecule has 1 aromatic rings. The normalized spacial score (nSPS) is 10.1. The summed E-state index contributed by atoms with van der Waals surface area (Å²) in [5.41, 5.74) is 0.310. The van der Waals surface area contributed by atoms with Gasteiger partial charge in [0.15, 0.2) is 4.98 Å². The molecule has 4 nitrogen and oxygen atoms in total. The maximum absolute atomic E-state index is 9.75. The van der Waals surface area contributed by atoms with Gasteiger partial charge in [0.25, 0.3) is 0 Å². The molecule has 1 aromatic carbocycles. The Kier molecular flexibility index (Phi) is 7.76. The molecule has 0 aliphatic heterocycles. The highest BCUT2D eigenvalue weighted by Crippen LogP contribution is 2.37. The molecule has 0 atom stereocenters. The molecule has 0 aliphatic carbocycles. The fourth-order valence-electron chi connectivity index (χ4n) is 1.14. The van der Waals surface area contributed by atoms with E-state index in [1.54, 1.807) is 6.07 Å². The maximum Gasteiger partial charge on any atom is 0.673 e. The van der Waals surface area contributed by atoms with Gasteiger partial charge in [-0.3, -0.25) is 0 Å². The van der Waals surface area contributed by atoms with Crippen molar-refractivity contribution in [3.63, 3.8) is 0 Å².